The second kappa shape index (κ2) is 6.37. The first-order chi connectivity index (χ1) is 10.1. The lowest BCUT2D eigenvalue weighted by Crippen LogP contribution is -2.14. The van der Waals surface area contributed by atoms with E-state index in [-0.39, 0.29) is 21.3 Å². The third kappa shape index (κ3) is 3.20. The molecule has 2 aromatic rings. The van der Waals surface area contributed by atoms with Crippen LogP contribution in [0.2, 0.25) is 0 Å². The van der Waals surface area contributed by atoms with Gasteiger partial charge in [-0.3, -0.25) is 4.79 Å². The van der Waals surface area contributed by atoms with E-state index in [4.69, 9.17) is 10.00 Å². The number of hydrogen-bond donors (Lipinski definition) is 1. The molecule has 0 fully saturated rings. The van der Waals surface area contributed by atoms with Crippen molar-refractivity contribution in [1.82, 2.24) is 0 Å². The lowest BCUT2D eigenvalue weighted by atomic mass is 10.1. The third-order valence-electron chi connectivity index (χ3n) is 2.79. The van der Waals surface area contributed by atoms with Crippen LogP contribution in [0.25, 0.3) is 0 Å². The number of nitriles is 1. The number of carbonyl (C=O) groups excluding carboxylic acids is 1. The predicted octanol–water partition coefficient (Wildman–Crippen LogP) is 3.72. The van der Waals surface area contributed by atoms with Gasteiger partial charge < -0.3 is 10.1 Å². The summed E-state index contributed by atoms with van der Waals surface area (Å²) >= 11 is 3.02. The highest BCUT2D eigenvalue weighted by atomic mass is 79.9. The van der Waals surface area contributed by atoms with Gasteiger partial charge in [-0.1, -0.05) is 6.07 Å². The number of anilines is 1. The number of methoxy groups -OCH3 is 1. The molecule has 0 unspecified atom stereocenters. The maximum Gasteiger partial charge on any atom is 0.255 e. The van der Waals surface area contributed by atoms with Gasteiger partial charge in [0.25, 0.3) is 5.91 Å². The standard InChI is InChI=1S/C15H10BrFN2O2/c1-21-13-4-2-3-10(8-18)14(13)19-15(20)9-5-6-11(16)12(17)7-9/h2-7H,1H3,(H,19,20). The van der Waals surface area contributed by atoms with Crippen LogP contribution in [0.1, 0.15) is 15.9 Å². The van der Waals surface area contributed by atoms with Crippen molar-refractivity contribution in [1.29, 1.82) is 5.26 Å². The Morgan fingerprint density at radius 2 is 2.14 bits per heavy atom. The summed E-state index contributed by atoms with van der Waals surface area (Å²) < 4.78 is 18.9. The maximum atomic E-state index is 13.5. The highest BCUT2D eigenvalue weighted by Gasteiger charge is 2.14. The quantitative estimate of drug-likeness (QED) is 0.919. The van der Waals surface area contributed by atoms with Gasteiger partial charge in [-0.05, 0) is 46.3 Å². The number of rotatable bonds is 3. The van der Waals surface area contributed by atoms with Crippen LogP contribution in [0.4, 0.5) is 10.1 Å². The molecule has 0 aromatic heterocycles. The topological polar surface area (TPSA) is 62.1 Å². The minimum atomic E-state index is -0.539. The van der Waals surface area contributed by atoms with Crippen molar-refractivity contribution in [2.75, 3.05) is 12.4 Å². The van der Waals surface area contributed by atoms with E-state index < -0.39 is 11.7 Å². The molecule has 6 heteroatoms. The third-order valence-corrected chi connectivity index (χ3v) is 3.43. The minimum Gasteiger partial charge on any atom is -0.495 e. The van der Waals surface area contributed by atoms with Crippen molar-refractivity contribution in [2.45, 2.75) is 0 Å². The molecule has 0 spiro atoms. The molecular formula is C15H10BrFN2O2. The number of carbonyl (C=O) groups is 1. The highest BCUT2D eigenvalue weighted by Crippen LogP contribution is 2.28. The number of para-hydroxylation sites is 1. The van der Waals surface area contributed by atoms with Crippen molar-refractivity contribution >= 4 is 27.5 Å². The van der Waals surface area contributed by atoms with Crippen molar-refractivity contribution in [3.63, 3.8) is 0 Å². The Hall–Kier alpha value is -2.39. The molecule has 0 aliphatic heterocycles. The molecule has 0 aliphatic rings. The van der Waals surface area contributed by atoms with Gasteiger partial charge in [-0.15, -0.1) is 0 Å². The van der Waals surface area contributed by atoms with E-state index in [2.05, 4.69) is 21.2 Å². The molecule has 0 bridgehead atoms. The number of amides is 1. The van der Waals surface area contributed by atoms with Crippen LogP contribution in [0.15, 0.2) is 40.9 Å². The van der Waals surface area contributed by atoms with Crippen molar-refractivity contribution in [2.24, 2.45) is 0 Å². The maximum absolute atomic E-state index is 13.5. The minimum absolute atomic E-state index is 0.144. The van der Waals surface area contributed by atoms with Gasteiger partial charge in [0, 0.05) is 5.56 Å². The van der Waals surface area contributed by atoms with Gasteiger partial charge in [0.15, 0.2) is 0 Å². The summed E-state index contributed by atoms with van der Waals surface area (Å²) in [4.78, 5) is 12.2. The molecule has 1 amide bonds. The van der Waals surface area contributed by atoms with Gasteiger partial charge in [0.1, 0.15) is 23.3 Å². The molecule has 0 heterocycles. The SMILES string of the molecule is COc1cccc(C#N)c1NC(=O)c1ccc(Br)c(F)c1. The van der Waals surface area contributed by atoms with Crippen LogP contribution in [-0.4, -0.2) is 13.0 Å². The number of halogens is 2. The molecular weight excluding hydrogens is 339 g/mol. The van der Waals surface area contributed by atoms with E-state index in [0.29, 0.717) is 5.75 Å². The van der Waals surface area contributed by atoms with Crippen molar-refractivity contribution < 1.29 is 13.9 Å². The van der Waals surface area contributed by atoms with E-state index in [1.54, 1.807) is 18.2 Å². The molecule has 21 heavy (non-hydrogen) atoms. The highest BCUT2D eigenvalue weighted by molar-refractivity contribution is 9.10. The Labute approximate surface area is 129 Å². The number of nitrogens with zero attached hydrogens (tertiary/aromatic N) is 1. The van der Waals surface area contributed by atoms with Gasteiger partial charge >= 0.3 is 0 Å². The number of ether oxygens (including phenoxy) is 1. The summed E-state index contributed by atoms with van der Waals surface area (Å²) in [6.45, 7) is 0. The van der Waals surface area contributed by atoms with Crippen LogP contribution < -0.4 is 10.1 Å². The first-order valence-electron chi connectivity index (χ1n) is 5.90. The molecule has 106 valence electrons. The molecule has 0 saturated heterocycles. The van der Waals surface area contributed by atoms with Crippen LogP contribution >= 0.6 is 15.9 Å². The number of nitrogens with one attached hydrogen (secondary N) is 1. The van der Waals surface area contributed by atoms with Crippen LogP contribution in [0.3, 0.4) is 0 Å². The fourth-order valence-electron chi connectivity index (χ4n) is 1.75. The van der Waals surface area contributed by atoms with Gasteiger partial charge in [-0.25, -0.2) is 4.39 Å². The molecule has 2 aromatic carbocycles. The summed E-state index contributed by atoms with van der Waals surface area (Å²) in [5.41, 5.74) is 0.668. The molecule has 2 rings (SSSR count). The fraction of sp³-hybridized carbons (Fsp3) is 0.0667. The average Bonchev–Trinajstić information content (AvgIpc) is 2.50. The first kappa shape index (κ1) is 15.0. The van der Waals surface area contributed by atoms with Crippen molar-refractivity contribution in [3.8, 4) is 11.8 Å². The largest absolute Gasteiger partial charge is 0.495 e. The molecule has 0 saturated carbocycles. The first-order valence-corrected chi connectivity index (χ1v) is 6.69. The van der Waals surface area contributed by atoms with Crippen LogP contribution in [-0.2, 0) is 0 Å². The Morgan fingerprint density at radius 1 is 1.38 bits per heavy atom. The second-order valence-corrected chi connectivity index (χ2v) is 4.93. The lowest BCUT2D eigenvalue weighted by molar-refractivity contribution is 0.102. The average molecular weight is 349 g/mol. The van der Waals surface area contributed by atoms with Crippen LogP contribution in [0.5, 0.6) is 5.75 Å². The van der Waals surface area contributed by atoms with Gasteiger partial charge in [0.05, 0.1) is 17.1 Å². The van der Waals surface area contributed by atoms with Crippen LogP contribution in [0, 0.1) is 17.1 Å². The number of benzene rings is 2. The van der Waals surface area contributed by atoms with Crippen molar-refractivity contribution in [3.05, 3.63) is 57.8 Å². The van der Waals surface area contributed by atoms with E-state index in [0.717, 1.165) is 6.07 Å². The molecule has 0 radical (unpaired) electrons. The fourth-order valence-corrected chi connectivity index (χ4v) is 1.99. The molecule has 4 nitrogen and oxygen atoms in total. The second-order valence-electron chi connectivity index (χ2n) is 4.08. The number of hydrogen-bond acceptors (Lipinski definition) is 3. The Morgan fingerprint density at radius 3 is 2.76 bits per heavy atom. The Kier molecular flexibility index (Phi) is 4.55. The zero-order valence-electron chi connectivity index (χ0n) is 11.0. The lowest BCUT2D eigenvalue weighted by Gasteiger charge is -2.11. The zero-order valence-corrected chi connectivity index (χ0v) is 12.6. The summed E-state index contributed by atoms with van der Waals surface area (Å²) in [5.74, 6) is -0.703. The summed E-state index contributed by atoms with van der Waals surface area (Å²) in [5, 5.41) is 11.7. The van der Waals surface area contributed by atoms with E-state index >= 15 is 0 Å². The molecule has 0 atom stereocenters. The normalized spacial score (nSPS) is 9.81. The Balaban J connectivity index is 2.36. The van der Waals surface area contributed by atoms with E-state index in [9.17, 15) is 9.18 Å². The smallest absolute Gasteiger partial charge is 0.255 e. The zero-order chi connectivity index (χ0) is 15.4. The predicted molar refractivity (Wildman–Crippen MR) is 79.8 cm³/mol. The van der Waals surface area contributed by atoms with Gasteiger partial charge in [0.2, 0.25) is 0 Å². The Bertz CT molecular complexity index is 741. The monoisotopic (exact) mass is 348 g/mol. The molecule has 1 N–H and O–H groups in total. The van der Waals surface area contributed by atoms with E-state index in [1.165, 1.54) is 19.2 Å². The molecule has 0 aliphatic carbocycles. The van der Waals surface area contributed by atoms with Gasteiger partial charge in [-0.2, -0.15) is 5.26 Å². The summed E-state index contributed by atoms with van der Waals surface area (Å²) in [6, 6.07) is 10.8. The summed E-state index contributed by atoms with van der Waals surface area (Å²) in [6.07, 6.45) is 0. The summed E-state index contributed by atoms with van der Waals surface area (Å²) in [7, 11) is 1.44. The van der Waals surface area contributed by atoms with E-state index in [1.807, 2.05) is 6.07 Å².